The van der Waals surface area contributed by atoms with Gasteiger partial charge in [-0.25, -0.2) is 0 Å². The summed E-state index contributed by atoms with van der Waals surface area (Å²) in [7, 11) is 0. The monoisotopic (exact) mass is 255 g/mol. The number of hydrogen-bond donors (Lipinski definition) is 2. The molecule has 0 aliphatic carbocycles. The maximum absolute atomic E-state index is 11.6. The number of carbonyl (C=O) groups is 1. The summed E-state index contributed by atoms with van der Waals surface area (Å²) >= 11 is 5.82. The fourth-order valence-electron chi connectivity index (χ4n) is 1.78. The van der Waals surface area contributed by atoms with Crippen LogP contribution in [0.2, 0.25) is 5.02 Å². The number of benzene rings is 1. The highest BCUT2D eigenvalue weighted by atomic mass is 35.5. The number of esters is 1. The summed E-state index contributed by atoms with van der Waals surface area (Å²) in [5.41, 5.74) is 0.851. The first-order valence-electron chi connectivity index (χ1n) is 5.47. The van der Waals surface area contributed by atoms with E-state index in [1.807, 2.05) is 12.1 Å². The Morgan fingerprint density at radius 3 is 3.06 bits per heavy atom. The number of β-amino-alcohol motifs (C(OH)–C–C–N with tert-alkyl or cyclic N) is 1. The molecule has 0 amide bonds. The van der Waals surface area contributed by atoms with Crippen LogP contribution in [0.25, 0.3) is 0 Å². The first-order chi connectivity index (χ1) is 8.15. The van der Waals surface area contributed by atoms with Gasteiger partial charge in [0.15, 0.2) is 0 Å². The molecule has 2 rings (SSSR count). The van der Waals surface area contributed by atoms with Gasteiger partial charge in [0.05, 0.1) is 6.10 Å². The molecule has 2 N–H and O–H groups in total. The van der Waals surface area contributed by atoms with Crippen LogP contribution >= 0.6 is 11.6 Å². The van der Waals surface area contributed by atoms with Gasteiger partial charge < -0.3 is 15.2 Å². The topological polar surface area (TPSA) is 58.6 Å². The van der Waals surface area contributed by atoms with Crippen LogP contribution in [0.15, 0.2) is 24.3 Å². The SMILES string of the molecule is O=C(OCc1cccc(Cl)c1)C1CC(O)CN1. The van der Waals surface area contributed by atoms with Crippen molar-refractivity contribution in [1.82, 2.24) is 5.32 Å². The van der Waals surface area contributed by atoms with Crippen LogP contribution in [0, 0.1) is 0 Å². The molecule has 0 radical (unpaired) electrons. The predicted molar refractivity (Wildman–Crippen MR) is 63.7 cm³/mol. The molecule has 1 heterocycles. The van der Waals surface area contributed by atoms with Crippen LogP contribution in [0.4, 0.5) is 0 Å². The van der Waals surface area contributed by atoms with E-state index in [4.69, 9.17) is 16.3 Å². The van der Waals surface area contributed by atoms with E-state index >= 15 is 0 Å². The lowest BCUT2D eigenvalue weighted by Crippen LogP contribution is -2.32. The molecule has 1 aliphatic rings. The molecular weight excluding hydrogens is 242 g/mol. The fraction of sp³-hybridized carbons (Fsp3) is 0.417. The highest BCUT2D eigenvalue weighted by Gasteiger charge is 2.29. The van der Waals surface area contributed by atoms with E-state index in [-0.39, 0.29) is 12.6 Å². The van der Waals surface area contributed by atoms with E-state index in [1.54, 1.807) is 12.1 Å². The third-order valence-electron chi connectivity index (χ3n) is 2.66. The summed E-state index contributed by atoms with van der Waals surface area (Å²) in [6, 6.07) is 6.77. The first kappa shape index (κ1) is 12.4. The van der Waals surface area contributed by atoms with Crippen LogP contribution in [-0.2, 0) is 16.1 Å². The third-order valence-corrected chi connectivity index (χ3v) is 2.90. The number of halogens is 1. The Morgan fingerprint density at radius 1 is 1.59 bits per heavy atom. The van der Waals surface area contributed by atoms with Gasteiger partial charge in [-0.15, -0.1) is 0 Å². The smallest absolute Gasteiger partial charge is 0.323 e. The van der Waals surface area contributed by atoms with Crippen molar-refractivity contribution >= 4 is 17.6 Å². The van der Waals surface area contributed by atoms with Gasteiger partial charge in [-0.2, -0.15) is 0 Å². The van der Waals surface area contributed by atoms with Crippen molar-refractivity contribution < 1.29 is 14.6 Å². The molecule has 17 heavy (non-hydrogen) atoms. The minimum Gasteiger partial charge on any atom is -0.460 e. The number of rotatable bonds is 3. The number of nitrogens with one attached hydrogen (secondary N) is 1. The van der Waals surface area contributed by atoms with Crippen molar-refractivity contribution in [3.63, 3.8) is 0 Å². The Hall–Kier alpha value is -1.10. The van der Waals surface area contributed by atoms with E-state index in [0.717, 1.165) is 5.56 Å². The molecule has 5 heteroatoms. The Labute approximate surface area is 105 Å². The second-order valence-electron chi connectivity index (χ2n) is 4.09. The van der Waals surface area contributed by atoms with Crippen molar-refractivity contribution in [2.24, 2.45) is 0 Å². The van der Waals surface area contributed by atoms with Gasteiger partial charge >= 0.3 is 5.97 Å². The van der Waals surface area contributed by atoms with Crippen LogP contribution in [0.3, 0.4) is 0 Å². The Balaban J connectivity index is 1.84. The summed E-state index contributed by atoms with van der Waals surface area (Å²) in [5.74, 6) is -0.332. The number of aliphatic hydroxyl groups excluding tert-OH is 1. The number of carbonyl (C=O) groups excluding carboxylic acids is 1. The lowest BCUT2D eigenvalue weighted by Gasteiger charge is -2.10. The normalized spacial score (nSPS) is 23.6. The molecular formula is C12H14ClNO3. The number of ether oxygens (including phenoxy) is 1. The van der Waals surface area contributed by atoms with Crippen molar-refractivity contribution in [1.29, 1.82) is 0 Å². The van der Waals surface area contributed by atoms with Gasteiger partial charge in [-0.1, -0.05) is 23.7 Å². The maximum Gasteiger partial charge on any atom is 0.323 e. The Morgan fingerprint density at radius 2 is 2.41 bits per heavy atom. The average Bonchev–Trinajstić information content (AvgIpc) is 2.73. The molecule has 92 valence electrons. The summed E-state index contributed by atoms with van der Waals surface area (Å²) in [6.45, 7) is 0.643. The van der Waals surface area contributed by atoms with Crippen molar-refractivity contribution in [3.05, 3.63) is 34.9 Å². The highest BCUT2D eigenvalue weighted by Crippen LogP contribution is 2.13. The van der Waals surface area contributed by atoms with Crippen LogP contribution in [0.1, 0.15) is 12.0 Å². The number of hydrogen-bond acceptors (Lipinski definition) is 4. The van der Waals surface area contributed by atoms with Crippen molar-refractivity contribution in [2.75, 3.05) is 6.54 Å². The molecule has 1 aliphatic heterocycles. The summed E-state index contributed by atoms with van der Waals surface area (Å²) < 4.78 is 5.14. The van der Waals surface area contributed by atoms with E-state index in [2.05, 4.69) is 5.32 Å². The molecule has 0 saturated carbocycles. The second kappa shape index (κ2) is 5.49. The molecule has 0 spiro atoms. The van der Waals surface area contributed by atoms with Gasteiger partial charge in [-0.05, 0) is 17.7 Å². The zero-order chi connectivity index (χ0) is 12.3. The van der Waals surface area contributed by atoms with E-state index in [9.17, 15) is 9.90 Å². The molecule has 4 nitrogen and oxygen atoms in total. The molecule has 0 bridgehead atoms. The lowest BCUT2D eigenvalue weighted by atomic mass is 10.2. The largest absolute Gasteiger partial charge is 0.460 e. The molecule has 2 unspecified atom stereocenters. The molecule has 1 aromatic rings. The third kappa shape index (κ3) is 3.43. The van der Waals surface area contributed by atoms with Crippen LogP contribution < -0.4 is 5.32 Å². The van der Waals surface area contributed by atoms with E-state index < -0.39 is 12.1 Å². The molecule has 0 aromatic heterocycles. The molecule has 2 atom stereocenters. The van der Waals surface area contributed by atoms with Crippen molar-refractivity contribution in [3.8, 4) is 0 Å². The first-order valence-corrected chi connectivity index (χ1v) is 5.85. The zero-order valence-electron chi connectivity index (χ0n) is 9.23. The van der Waals surface area contributed by atoms with Gasteiger partial charge in [0, 0.05) is 18.0 Å². The highest BCUT2D eigenvalue weighted by molar-refractivity contribution is 6.30. The lowest BCUT2D eigenvalue weighted by molar-refractivity contribution is -0.147. The fourth-order valence-corrected chi connectivity index (χ4v) is 1.99. The summed E-state index contributed by atoms with van der Waals surface area (Å²) in [5, 5.41) is 12.8. The van der Waals surface area contributed by atoms with Gasteiger partial charge in [0.25, 0.3) is 0 Å². The Kier molecular flexibility index (Phi) is 3.99. The summed E-state index contributed by atoms with van der Waals surface area (Å²) in [4.78, 5) is 11.6. The average molecular weight is 256 g/mol. The van der Waals surface area contributed by atoms with Gasteiger partial charge in [0.2, 0.25) is 0 Å². The standard InChI is InChI=1S/C12H14ClNO3/c13-9-3-1-2-8(4-9)7-17-12(16)11-5-10(15)6-14-11/h1-4,10-11,14-15H,5-7H2. The Bertz CT molecular complexity index is 410. The van der Waals surface area contributed by atoms with Gasteiger partial charge in [-0.3, -0.25) is 4.79 Å². The molecule has 1 aromatic carbocycles. The molecule has 1 fully saturated rings. The minimum atomic E-state index is -0.460. The van der Waals surface area contributed by atoms with E-state index in [1.165, 1.54) is 0 Å². The summed E-state index contributed by atoms with van der Waals surface area (Å²) in [6.07, 6.45) is -0.0484. The van der Waals surface area contributed by atoms with E-state index in [0.29, 0.717) is 18.0 Å². The maximum atomic E-state index is 11.6. The zero-order valence-corrected chi connectivity index (χ0v) is 9.98. The van der Waals surface area contributed by atoms with Crippen molar-refractivity contribution in [2.45, 2.75) is 25.2 Å². The van der Waals surface area contributed by atoms with Crippen LogP contribution in [0.5, 0.6) is 0 Å². The second-order valence-corrected chi connectivity index (χ2v) is 4.52. The quantitative estimate of drug-likeness (QED) is 0.795. The van der Waals surface area contributed by atoms with Gasteiger partial charge in [0.1, 0.15) is 12.6 Å². The number of aliphatic hydroxyl groups is 1. The molecule has 1 saturated heterocycles. The van der Waals surface area contributed by atoms with Crippen LogP contribution in [-0.4, -0.2) is 29.8 Å². The predicted octanol–water partition coefficient (Wildman–Crippen LogP) is 1.11. The minimum absolute atomic E-state index is 0.202.